The highest BCUT2D eigenvalue weighted by Gasteiger charge is 2.27. The number of aromatic nitrogens is 2. The number of halogens is 2. The highest BCUT2D eigenvalue weighted by molar-refractivity contribution is 9.10. The first-order chi connectivity index (χ1) is 14.4. The summed E-state index contributed by atoms with van der Waals surface area (Å²) >= 11 is 8.05. The molecule has 9 heteroatoms. The minimum atomic E-state index is -0.693. The van der Waals surface area contributed by atoms with Crippen LogP contribution < -0.4 is 10.6 Å². The highest BCUT2D eigenvalue weighted by Crippen LogP contribution is 2.27. The predicted octanol–water partition coefficient (Wildman–Crippen LogP) is 5.51. The lowest BCUT2D eigenvalue weighted by atomic mass is 9.98. The summed E-state index contributed by atoms with van der Waals surface area (Å²) in [6.45, 7) is 3.91. The Morgan fingerprint density at radius 2 is 1.80 bits per heavy atom. The Kier molecular flexibility index (Phi) is 7.74. The minimum Gasteiger partial charge on any atom is -0.340 e. The summed E-state index contributed by atoms with van der Waals surface area (Å²) in [5, 5.41) is 15.0. The average Bonchev–Trinajstić information content (AvgIpc) is 3.20. The molecule has 0 spiro atoms. The summed E-state index contributed by atoms with van der Waals surface area (Å²) in [6.07, 6.45) is 0.733. The van der Waals surface area contributed by atoms with Crippen LogP contribution in [0.4, 0.5) is 5.13 Å². The molecule has 0 saturated carbocycles. The molecule has 0 aliphatic carbocycles. The third kappa shape index (κ3) is 5.74. The van der Waals surface area contributed by atoms with Crippen LogP contribution in [-0.4, -0.2) is 28.1 Å². The van der Waals surface area contributed by atoms with E-state index in [1.807, 2.05) is 44.2 Å². The van der Waals surface area contributed by atoms with Crippen LogP contribution in [-0.2, 0) is 4.79 Å². The molecule has 0 bridgehead atoms. The van der Waals surface area contributed by atoms with Crippen LogP contribution in [0.25, 0.3) is 10.6 Å². The van der Waals surface area contributed by atoms with E-state index < -0.39 is 6.04 Å². The average molecular weight is 552 g/mol. The first-order valence-corrected chi connectivity index (χ1v) is 11.7. The normalized spacial score (nSPS) is 12.8. The maximum Gasteiger partial charge on any atom is 0.251 e. The molecule has 30 heavy (non-hydrogen) atoms. The molecule has 2 N–H and O–H groups in total. The molecule has 2 unspecified atom stereocenters. The van der Waals surface area contributed by atoms with Gasteiger partial charge in [0.05, 0.1) is 0 Å². The topological polar surface area (TPSA) is 84.0 Å². The van der Waals surface area contributed by atoms with E-state index >= 15 is 0 Å². The van der Waals surface area contributed by atoms with Gasteiger partial charge in [-0.05, 0) is 36.2 Å². The van der Waals surface area contributed by atoms with Gasteiger partial charge in [0.1, 0.15) is 11.0 Å². The first kappa shape index (κ1) is 22.6. The van der Waals surface area contributed by atoms with E-state index in [0.29, 0.717) is 15.7 Å². The van der Waals surface area contributed by atoms with Gasteiger partial charge in [-0.25, -0.2) is 0 Å². The van der Waals surface area contributed by atoms with E-state index in [2.05, 4.69) is 52.7 Å². The Bertz CT molecular complexity index is 1040. The maximum atomic E-state index is 12.9. The zero-order valence-electron chi connectivity index (χ0n) is 16.4. The Labute approximate surface area is 195 Å². The molecule has 1 aromatic heterocycles. The number of carbonyl (C=O) groups is 2. The zero-order valence-corrected chi connectivity index (χ0v) is 20.3. The van der Waals surface area contributed by atoms with Crippen molar-refractivity contribution in [3.63, 3.8) is 0 Å². The quantitative estimate of drug-likeness (QED) is 0.405. The number of hydrogen-bond acceptors (Lipinski definition) is 5. The molecule has 156 valence electrons. The molecular formula is C21H20Br2N4O2S. The van der Waals surface area contributed by atoms with Gasteiger partial charge in [0.15, 0.2) is 0 Å². The summed E-state index contributed by atoms with van der Waals surface area (Å²) in [5.74, 6) is -0.671. The standard InChI is InChI=1S/C21H20Br2N4O2S/c1-3-12(2)17(24-18(28)14-5-4-6-16(23)11-14)19(29)25-21-27-26-20(30-21)13-7-9-15(22)10-8-13/h4-12,17H,3H2,1-2H3,(H,24,28)(H,25,27,29). The predicted molar refractivity (Wildman–Crippen MR) is 127 cm³/mol. The molecule has 0 radical (unpaired) electrons. The second-order valence-electron chi connectivity index (χ2n) is 6.76. The minimum absolute atomic E-state index is 0.0556. The number of amides is 2. The number of carbonyl (C=O) groups excluding carboxylic acids is 2. The summed E-state index contributed by atoms with van der Waals surface area (Å²) in [4.78, 5) is 25.6. The lowest BCUT2D eigenvalue weighted by molar-refractivity contribution is -0.119. The molecular weight excluding hydrogens is 532 g/mol. The van der Waals surface area contributed by atoms with E-state index in [0.717, 1.165) is 20.9 Å². The number of hydrogen-bond donors (Lipinski definition) is 2. The third-order valence-corrected chi connectivity index (χ3v) is 6.52. The van der Waals surface area contributed by atoms with Crippen molar-refractivity contribution in [1.82, 2.24) is 15.5 Å². The van der Waals surface area contributed by atoms with Crippen molar-refractivity contribution in [2.75, 3.05) is 5.32 Å². The van der Waals surface area contributed by atoms with Gasteiger partial charge in [-0.15, -0.1) is 10.2 Å². The Hall–Kier alpha value is -2.10. The molecule has 3 rings (SSSR count). The number of nitrogens with zero attached hydrogens (tertiary/aromatic N) is 2. The van der Waals surface area contributed by atoms with Crippen LogP contribution in [0, 0.1) is 5.92 Å². The zero-order chi connectivity index (χ0) is 21.7. The summed E-state index contributed by atoms with van der Waals surface area (Å²) < 4.78 is 1.77. The SMILES string of the molecule is CCC(C)C(NC(=O)c1cccc(Br)c1)C(=O)Nc1nnc(-c2ccc(Br)cc2)s1. The number of anilines is 1. The maximum absolute atomic E-state index is 12.9. The summed E-state index contributed by atoms with van der Waals surface area (Å²) in [6, 6.07) is 14.1. The van der Waals surface area contributed by atoms with Gasteiger partial charge in [-0.1, -0.05) is 81.7 Å². The van der Waals surface area contributed by atoms with Gasteiger partial charge in [0.2, 0.25) is 11.0 Å². The number of nitrogens with one attached hydrogen (secondary N) is 2. The molecule has 0 saturated heterocycles. The monoisotopic (exact) mass is 550 g/mol. The number of rotatable bonds is 7. The third-order valence-electron chi connectivity index (χ3n) is 4.62. The molecule has 0 fully saturated rings. The van der Waals surface area contributed by atoms with Crippen molar-refractivity contribution < 1.29 is 9.59 Å². The van der Waals surface area contributed by atoms with Gasteiger partial charge in [0.25, 0.3) is 5.91 Å². The fraction of sp³-hybridized carbons (Fsp3) is 0.238. The second kappa shape index (κ2) is 10.3. The van der Waals surface area contributed by atoms with Crippen molar-refractivity contribution in [3.8, 4) is 10.6 Å². The van der Waals surface area contributed by atoms with Crippen molar-refractivity contribution in [1.29, 1.82) is 0 Å². The van der Waals surface area contributed by atoms with Crippen LogP contribution in [0.2, 0.25) is 0 Å². The Morgan fingerprint density at radius 3 is 2.47 bits per heavy atom. The fourth-order valence-corrected chi connectivity index (χ4v) is 4.14. The van der Waals surface area contributed by atoms with Crippen molar-refractivity contribution in [3.05, 3.63) is 63.0 Å². The first-order valence-electron chi connectivity index (χ1n) is 9.34. The largest absolute Gasteiger partial charge is 0.340 e. The van der Waals surface area contributed by atoms with E-state index in [-0.39, 0.29) is 17.7 Å². The Balaban J connectivity index is 1.73. The van der Waals surface area contributed by atoms with E-state index in [4.69, 9.17) is 0 Å². The van der Waals surface area contributed by atoms with E-state index in [1.54, 1.807) is 18.2 Å². The van der Waals surface area contributed by atoms with Gasteiger partial charge in [-0.3, -0.25) is 14.9 Å². The molecule has 1 heterocycles. The summed E-state index contributed by atoms with van der Waals surface area (Å²) in [7, 11) is 0. The van der Waals surface area contributed by atoms with Crippen molar-refractivity contribution in [2.24, 2.45) is 5.92 Å². The summed E-state index contributed by atoms with van der Waals surface area (Å²) in [5.41, 5.74) is 1.40. The van der Waals surface area contributed by atoms with E-state index in [9.17, 15) is 9.59 Å². The molecule has 3 aromatic rings. The van der Waals surface area contributed by atoms with Crippen LogP contribution in [0.15, 0.2) is 57.5 Å². The number of benzene rings is 2. The smallest absolute Gasteiger partial charge is 0.251 e. The Morgan fingerprint density at radius 1 is 1.07 bits per heavy atom. The van der Waals surface area contributed by atoms with Crippen LogP contribution in [0.5, 0.6) is 0 Å². The van der Waals surface area contributed by atoms with Crippen LogP contribution in [0.3, 0.4) is 0 Å². The van der Waals surface area contributed by atoms with Gasteiger partial charge in [-0.2, -0.15) is 0 Å². The van der Waals surface area contributed by atoms with Gasteiger partial charge < -0.3 is 5.32 Å². The van der Waals surface area contributed by atoms with Gasteiger partial charge >= 0.3 is 0 Å². The van der Waals surface area contributed by atoms with E-state index in [1.165, 1.54) is 11.3 Å². The van der Waals surface area contributed by atoms with Gasteiger partial charge in [0, 0.05) is 20.1 Å². The second-order valence-corrected chi connectivity index (χ2v) is 9.56. The molecule has 2 amide bonds. The lowest BCUT2D eigenvalue weighted by Gasteiger charge is -2.23. The van der Waals surface area contributed by atoms with Crippen molar-refractivity contribution >= 4 is 60.1 Å². The molecule has 6 nitrogen and oxygen atoms in total. The fourth-order valence-electron chi connectivity index (χ4n) is 2.72. The van der Waals surface area contributed by atoms with Crippen LogP contribution >= 0.6 is 43.2 Å². The molecule has 2 aromatic carbocycles. The molecule has 2 atom stereocenters. The molecule has 0 aliphatic rings. The van der Waals surface area contributed by atoms with Crippen LogP contribution in [0.1, 0.15) is 30.6 Å². The molecule has 0 aliphatic heterocycles. The highest BCUT2D eigenvalue weighted by atomic mass is 79.9. The lowest BCUT2D eigenvalue weighted by Crippen LogP contribution is -2.47. The van der Waals surface area contributed by atoms with Crippen molar-refractivity contribution in [2.45, 2.75) is 26.3 Å².